The van der Waals surface area contributed by atoms with Gasteiger partial charge in [-0.2, -0.15) is 5.10 Å². The van der Waals surface area contributed by atoms with Crippen LogP contribution in [0.3, 0.4) is 0 Å². The first-order valence-corrected chi connectivity index (χ1v) is 15.7. The molecule has 0 unspecified atom stereocenters. The van der Waals surface area contributed by atoms with Gasteiger partial charge in [0.25, 0.3) is 0 Å². The Kier molecular flexibility index (Phi) is 12.4. The predicted molar refractivity (Wildman–Crippen MR) is 179 cm³/mol. The van der Waals surface area contributed by atoms with Gasteiger partial charge < -0.3 is 34.7 Å². The van der Waals surface area contributed by atoms with Crippen LogP contribution < -0.4 is 30.3 Å². The maximum atomic E-state index is 12.4. The number of ether oxygens (including phenoxy) is 4. The largest absolute Gasteiger partial charge is 0.490 e. The molecule has 0 aromatic heterocycles. The molecule has 1 aliphatic rings. The van der Waals surface area contributed by atoms with E-state index in [4.69, 9.17) is 53.8 Å². The minimum Gasteiger partial charge on any atom is -0.490 e. The lowest BCUT2D eigenvalue weighted by Crippen LogP contribution is -2.45. The average molecular weight is 757 g/mol. The van der Waals surface area contributed by atoms with Crippen LogP contribution in [-0.4, -0.2) is 49.9 Å². The second kappa shape index (κ2) is 16.2. The summed E-state index contributed by atoms with van der Waals surface area (Å²) >= 11 is 22.1. The molecule has 1 aliphatic heterocycles. The molecule has 0 bridgehead atoms. The smallest absolute Gasteiger partial charge is 0.337 e. The van der Waals surface area contributed by atoms with E-state index in [0.717, 1.165) is 5.56 Å². The highest BCUT2D eigenvalue weighted by molar-refractivity contribution is 9.10. The number of rotatable bonds is 13. The summed E-state index contributed by atoms with van der Waals surface area (Å²) in [7, 11) is 1.27. The Morgan fingerprint density at radius 3 is 2.57 bits per heavy atom. The number of allylic oxidation sites excluding steroid dienone is 1. The molecule has 2 atom stereocenters. The normalized spacial score (nSPS) is 15.2. The van der Waals surface area contributed by atoms with Gasteiger partial charge in [-0.1, -0.05) is 46.9 Å². The van der Waals surface area contributed by atoms with Crippen molar-refractivity contribution < 1.29 is 33.6 Å². The number of aliphatic hydroxyl groups excluding tert-OH is 1. The Hall–Kier alpha value is -3.68. The lowest BCUT2D eigenvalue weighted by atomic mass is 9.95. The first-order chi connectivity index (χ1) is 22.0. The van der Waals surface area contributed by atoms with Gasteiger partial charge in [0.2, 0.25) is 0 Å². The molecule has 4 rings (SSSR count). The van der Waals surface area contributed by atoms with Crippen molar-refractivity contribution in [2.24, 2.45) is 5.10 Å². The van der Waals surface area contributed by atoms with Crippen molar-refractivity contribution in [1.29, 1.82) is 0 Å². The number of amides is 2. The summed E-state index contributed by atoms with van der Waals surface area (Å²) in [5, 5.41) is 21.2. The van der Waals surface area contributed by atoms with E-state index in [1.165, 1.54) is 13.3 Å². The van der Waals surface area contributed by atoms with Crippen LogP contribution in [0, 0.1) is 0 Å². The van der Waals surface area contributed by atoms with Gasteiger partial charge in [-0.05, 0) is 77.3 Å². The van der Waals surface area contributed by atoms with Crippen LogP contribution in [0.4, 0.5) is 4.79 Å². The maximum absolute atomic E-state index is 12.4. The number of urea groups is 1. The van der Waals surface area contributed by atoms with Gasteiger partial charge in [0, 0.05) is 21.3 Å². The number of esters is 1. The fraction of sp³-hybridized carbons (Fsp3) is 0.258. The second-order valence-corrected chi connectivity index (χ2v) is 11.9. The molecule has 0 spiro atoms. The van der Waals surface area contributed by atoms with E-state index >= 15 is 0 Å². The number of carbonyl (C=O) groups is 2. The Morgan fingerprint density at radius 1 is 1.09 bits per heavy atom. The van der Waals surface area contributed by atoms with E-state index in [-0.39, 0.29) is 18.8 Å². The van der Waals surface area contributed by atoms with E-state index < -0.39 is 24.3 Å². The third kappa shape index (κ3) is 8.98. The van der Waals surface area contributed by atoms with Gasteiger partial charge in [-0.15, -0.1) is 0 Å². The minimum absolute atomic E-state index is 0.183. The highest BCUT2D eigenvalue weighted by atomic mass is 79.9. The number of hydrazone groups is 1. The Balaban J connectivity index is 1.37. The number of hydrogen-bond donors (Lipinski definition) is 4. The van der Waals surface area contributed by atoms with Crippen molar-refractivity contribution in [3.8, 4) is 17.2 Å². The first-order valence-electron chi connectivity index (χ1n) is 13.8. The van der Waals surface area contributed by atoms with E-state index in [1.807, 2.05) is 0 Å². The molecular formula is C31H30BrCl3N4O7. The quantitative estimate of drug-likeness (QED) is 0.0671. The first kappa shape index (κ1) is 35.2. The zero-order valence-corrected chi connectivity index (χ0v) is 28.7. The van der Waals surface area contributed by atoms with Gasteiger partial charge in [0.05, 0.1) is 41.0 Å². The molecule has 0 aliphatic carbocycles. The predicted octanol–water partition coefficient (Wildman–Crippen LogP) is 6.51. The van der Waals surface area contributed by atoms with E-state index in [1.54, 1.807) is 62.4 Å². The molecule has 15 heteroatoms. The van der Waals surface area contributed by atoms with Crippen LogP contribution in [0.5, 0.6) is 17.2 Å². The van der Waals surface area contributed by atoms with Crippen LogP contribution in [0.2, 0.25) is 15.1 Å². The van der Waals surface area contributed by atoms with E-state index in [0.29, 0.717) is 60.2 Å². The van der Waals surface area contributed by atoms with Gasteiger partial charge in [-0.3, -0.25) is 5.43 Å². The highest BCUT2D eigenvalue weighted by Gasteiger charge is 2.32. The molecule has 1 heterocycles. The lowest BCUT2D eigenvalue weighted by Gasteiger charge is -2.28. The average Bonchev–Trinajstić information content (AvgIpc) is 3.00. The molecule has 0 saturated heterocycles. The second-order valence-electron chi connectivity index (χ2n) is 9.75. The minimum atomic E-state index is -1.18. The Morgan fingerprint density at radius 2 is 1.87 bits per heavy atom. The molecule has 3 aromatic rings. The third-order valence-electron chi connectivity index (χ3n) is 6.52. The van der Waals surface area contributed by atoms with Crippen molar-refractivity contribution in [3.63, 3.8) is 0 Å². The van der Waals surface area contributed by atoms with E-state index in [9.17, 15) is 14.7 Å². The van der Waals surface area contributed by atoms with Crippen molar-refractivity contribution in [2.45, 2.75) is 32.7 Å². The zero-order chi connectivity index (χ0) is 33.4. The summed E-state index contributed by atoms with van der Waals surface area (Å²) in [5.41, 5.74) is 5.18. The summed E-state index contributed by atoms with van der Waals surface area (Å²) < 4.78 is 22.9. The van der Waals surface area contributed by atoms with Crippen molar-refractivity contribution in [2.75, 3.05) is 20.3 Å². The number of halogens is 4. The van der Waals surface area contributed by atoms with Gasteiger partial charge in [-0.25, -0.2) is 9.59 Å². The molecule has 0 saturated carbocycles. The molecule has 0 fully saturated rings. The number of methoxy groups -OCH3 is 1. The van der Waals surface area contributed by atoms with E-state index in [2.05, 4.69) is 37.1 Å². The molecule has 2 amide bonds. The SMILES string of the molecule is CCOc1cc([C@@H]2NC(=O)NC(C)=C2C(=O)OC)ccc1OC[C@@H](O)N/N=C\c1cc(Cl)c(OCc2ccc(Cl)cc2Cl)c(Br)c1. The number of benzene rings is 3. The zero-order valence-electron chi connectivity index (χ0n) is 24.8. The van der Waals surface area contributed by atoms with Crippen LogP contribution in [0.1, 0.15) is 36.6 Å². The van der Waals surface area contributed by atoms with Crippen molar-refractivity contribution >= 4 is 68.9 Å². The summed E-state index contributed by atoms with van der Waals surface area (Å²) in [5.74, 6) is 0.534. The van der Waals surface area contributed by atoms with Gasteiger partial charge >= 0.3 is 12.0 Å². The summed E-state index contributed by atoms with van der Waals surface area (Å²) in [4.78, 5) is 24.6. The monoisotopic (exact) mass is 754 g/mol. The van der Waals surface area contributed by atoms with Crippen LogP contribution >= 0.6 is 50.7 Å². The van der Waals surface area contributed by atoms with Crippen LogP contribution in [0.15, 0.2) is 69.4 Å². The van der Waals surface area contributed by atoms with Crippen LogP contribution in [-0.2, 0) is 16.1 Å². The fourth-order valence-electron chi connectivity index (χ4n) is 4.40. The van der Waals surface area contributed by atoms with Gasteiger partial charge in [0.1, 0.15) is 13.2 Å². The third-order valence-corrected chi connectivity index (χ3v) is 7.97. The molecule has 244 valence electrons. The van der Waals surface area contributed by atoms with Crippen molar-refractivity contribution in [3.05, 3.63) is 96.0 Å². The molecular weight excluding hydrogens is 727 g/mol. The Bertz CT molecular complexity index is 1650. The molecule has 11 nitrogen and oxygen atoms in total. The summed E-state index contributed by atoms with van der Waals surface area (Å²) in [6.07, 6.45) is 0.290. The number of aliphatic hydroxyl groups is 1. The molecule has 3 aromatic carbocycles. The molecule has 46 heavy (non-hydrogen) atoms. The number of nitrogens with one attached hydrogen (secondary N) is 3. The fourth-order valence-corrected chi connectivity index (χ4v) is 5.85. The number of nitrogens with zero attached hydrogens (tertiary/aromatic N) is 1. The summed E-state index contributed by atoms with van der Waals surface area (Å²) in [6, 6.07) is 12.3. The number of carbonyl (C=O) groups excluding carboxylic acids is 2. The number of hydrogen-bond acceptors (Lipinski definition) is 9. The molecule has 4 N–H and O–H groups in total. The standard InChI is InChI=1S/C31H30BrCl3N4O7/c1-4-44-25-11-18(28-27(30(41)43-3)16(2)37-31(42)38-28)6-8-24(25)45-15-26(40)39-36-13-17-9-21(32)29(23(35)10-17)46-14-19-5-7-20(33)12-22(19)34/h5-13,26,28,39-40H,4,14-15H2,1-3H3,(H2,37,38,42)/b36-13-/t26-,28+/m1/s1. The lowest BCUT2D eigenvalue weighted by molar-refractivity contribution is -0.136. The highest BCUT2D eigenvalue weighted by Crippen LogP contribution is 2.36. The summed E-state index contributed by atoms with van der Waals surface area (Å²) in [6.45, 7) is 3.74. The van der Waals surface area contributed by atoms with Crippen molar-refractivity contribution in [1.82, 2.24) is 16.1 Å². The van der Waals surface area contributed by atoms with Gasteiger partial charge in [0.15, 0.2) is 23.5 Å². The maximum Gasteiger partial charge on any atom is 0.337 e. The van der Waals surface area contributed by atoms with Crippen LogP contribution in [0.25, 0.3) is 0 Å². The Labute approximate surface area is 288 Å². The topological polar surface area (TPSA) is 140 Å². The molecule has 0 radical (unpaired) electrons.